The number of benzene rings is 2. The van der Waals surface area contributed by atoms with Crippen molar-refractivity contribution in [3.05, 3.63) is 48.2 Å². The summed E-state index contributed by atoms with van der Waals surface area (Å²) >= 11 is 0. The summed E-state index contributed by atoms with van der Waals surface area (Å²) in [6.45, 7) is 1.56. The second-order valence-electron chi connectivity index (χ2n) is 5.05. The van der Waals surface area contributed by atoms with Gasteiger partial charge in [0.2, 0.25) is 0 Å². The highest BCUT2D eigenvalue weighted by Gasteiger charge is 2.20. The predicted octanol–water partition coefficient (Wildman–Crippen LogP) is 4.05. The lowest BCUT2D eigenvalue weighted by Gasteiger charge is -2.08. The molecule has 0 fully saturated rings. The van der Waals surface area contributed by atoms with Crippen molar-refractivity contribution in [2.75, 3.05) is 14.2 Å². The van der Waals surface area contributed by atoms with Gasteiger partial charge in [0.25, 0.3) is 0 Å². The van der Waals surface area contributed by atoms with Crippen LogP contribution in [0.2, 0.25) is 0 Å². The maximum absolute atomic E-state index is 12.1. The van der Waals surface area contributed by atoms with Crippen LogP contribution in [-0.2, 0) is 0 Å². The second-order valence-corrected chi connectivity index (χ2v) is 5.05. The Hall–Kier alpha value is -2.75. The molecule has 4 heteroatoms. The summed E-state index contributed by atoms with van der Waals surface area (Å²) in [7, 11) is 3.22. The predicted molar refractivity (Wildman–Crippen MR) is 86.8 cm³/mol. The van der Waals surface area contributed by atoms with Crippen molar-refractivity contribution in [3.63, 3.8) is 0 Å². The third-order valence-electron chi connectivity index (χ3n) is 3.71. The Morgan fingerprint density at radius 1 is 1.05 bits per heavy atom. The molecule has 1 aromatic heterocycles. The molecule has 4 nitrogen and oxygen atoms in total. The Labute approximate surface area is 128 Å². The van der Waals surface area contributed by atoms with Gasteiger partial charge < -0.3 is 14.5 Å². The van der Waals surface area contributed by atoms with Gasteiger partial charge >= 0.3 is 0 Å². The first-order valence-electron chi connectivity index (χ1n) is 6.99. The Bertz CT molecular complexity index is 834. The summed E-state index contributed by atoms with van der Waals surface area (Å²) in [6.07, 6.45) is 0. The molecule has 0 saturated heterocycles. The van der Waals surface area contributed by atoms with Crippen LogP contribution in [0.25, 0.3) is 22.0 Å². The van der Waals surface area contributed by atoms with E-state index in [1.807, 2.05) is 42.5 Å². The molecule has 1 heterocycles. The Morgan fingerprint density at radius 3 is 2.36 bits per heavy atom. The molecule has 0 amide bonds. The molecular weight excluding hydrogens is 278 g/mol. The van der Waals surface area contributed by atoms with Crippen molar-refractivity contribution in [2.24, 2.45) is 0 Å². The van der Waals surface area contributed by atoms with Gasteiger partial charge in [-0.2, -0.15) is 0 Å². The van der Waals surface area contributed by atoms with Crippen LogP contribution in [-0.4, -0.2) is 25.0 Å². The fourth-order valence-electron chi connectivity index (χ4n) is 2.71. The summed E-state index contributed by atoms with van der Waals surface area (Å²) in [6, 6.07) is 13.5. The standard InChI is InChI=1S/C18H17NO3/c1-11(20)18-16(12-7-5-4-6-8-12)17-14(19-18)9-13(21-2)10-15(17)22-3/h4-10,19H,1-3H3. The van der Waals surface area contributed by atoms with E-state index in [0.717, 1.165) is 22.0 Å². The van der Waals surface area contributed by atoms with Crippen molar-refractivity contribution in [1.82, 2.24) is 4.98 Å². The molecule has 0 atom stereocenters. The largest absolute Gasteiger partial charge is 0.497 e. The van der Waals surface area contributed by atoms with Crippen LogP contribution in [0.3, 0.4) is 0 Å². The van der Waals surface area contributed by atoms with E-state index in [9.17, 15) is 4.79 Å². The highest BCUT2D eigenvalue weighted by Crippen LogP contribution is 2.40. The van der Waals surface area contributed by atoms with Crippen molar-refractivity contribution >= 4 is 16.7 Å². The molecule has 0 aliphatic rings. The summed E-state index contributed by atoms with van der Waals surface area (Å²) in [4.78, 5) is 15.3. The molecule has 0 saturated carbocycles. The van der Waals surface area contributed by atoms with Gasteiger partial charge in [-0.1, -0.05) is 30.3 Å². The first kappa shape index (κ1) is 14.2. The van der Waals surface area contributed by atoms with Gasteiger partial charge in [-0.05, 0) is 5.56 Å². The average molecular weight is 295 g/mol. The normalized spacial score (nSPS) is 10.7. The summed E-state index contributed by atoms with van der Waals surface area (Å²) in [5, 5.41) is 0.889. The fourth-order valence-corrected chi connectivity index (χ4v) is 2.71. The maximum Gasteiger partial charge on any atom is 0.176 e. The van der Waals surface area contributed by atoms with Gasteiger partial charge in [-0.25, -0.2) is 0 Å². The number of ketones is 1. The monoisotopic (exact) mass is 295 g/mol. The Morgan fingerprint density at radius 2 is 1.77 bits per heavy atom. The SMILES string of the molecule is COc1cc(OC)c2c(-c3ccccc3)c(C(C)=O)[nH]c2c1. The molecule has 0 aliphatic heterocycles. The zero-order chi connectivity index (χ0) is 15.7. The van der Waals surface area contributed by atoms with Crippen LogP contribution in [0.5, 0.6) is 11.5 Å². The van der Waals surface area contributed by atoms with Crippen LogP contribution in [0.1, 0.15) is 17.4 Å². The van der Waals surface area contributed by atoms with E-state index < -0.39 is 0 Å². The maximum atomic E-state index is 12.1. The lowest BCUT2D eigenvalue weighted by Crippen LogP contribution is -1.95. The fraction of sp³-hybridized carbons (Fsp3) is 0.167. The lowest BCUT2D eigenvalue weighted by atomic mass is 10.00. The van der Waals surface area contributed by atoms with Gasteiger partial charge in [-0.3, -0.25) is 4.79 Å². The minimum atomic E-state index is -0.0175. The number of aromatic nitrogens is 1. The summed E-state index contributed by atoms with van der Waals surface area (Å²) < 4.78 is 10.8. The van der Waals surface area contributed by atoms with Crippen molar-refractivity contribution in [2.45, 2.75) is 6.92 Å². The topological polar surface area (TPSA) is 51.3 Å². The van der Waals surface area contributed by atoms with Crippen LogP contribution in [0.15, 0.2) is 42.5 Å². The molecule has 0 radical (unpaired) electrons. The van der Waals surface area contributed by atoms with Crippen molar-refractivity contribution < 1.29 is 14.3 Å². The number of hydrogen-bond donors (Lipinski definition) is 1. The lowest BCUT2D eigenvalue weighted by molar-refractivity contribution is 0.101. The quantitative estimate of drug-likeness (QED) is 0.739. The molecular formula is C18H17NO3. The number of hydrogen-bond acceptors (Lipinski definition) is 3. The molecule has 3 aromatic rings. The second kappa shape index (κ2) is 5.56. The van der Waals surface area contributed by atoms with Gasteiger partial charge in [0.05, 0.1) is 30.8 Å². The number of H-pyrrole nitrogens is 1. The van der Waals surface area contributed by atoms with Gasteiger partial charge in [0.1, 0.15) is 11.5 Å². The Balaban J connectivity index is 2.42. The number of methoxy groups -OCH3 is 2. The number of fused-ring (bicyclic) bond motifs is 1. The van der Waals surface area contributed by atoms with E-state index in [-0.39, 0.29) is 5.78 Å². The zero-order valence-corrected chi connectivity index (χ0v) is 12.8. The van der Waals surface area contributed by atoms with Crippen LogP contribution < -0.4 is 9.47 Å². The molecule has 0 bridgehead atoms. The van der Waals surface area contributed by atoms with Crippen LogP contribution in [0, 0.1) is 0 Å². The first-order valence-corrected chi connectivity index (χ1v) is 6.99. The summed E-state index contributed by atoms with van der Waals surface area (Å²) in [5.74, 6) is 1.34. The smallest absolute Gasteiger partial charge is 0.176 e. The Kier molecular flexibility index (Phi) is 3.59. The van der Waals surface area contributed by atoms with E-state index >= 15 is 0 Å². The molecule has 0 aliphatic carbocycles. The van der Waals surface area contributed by atoms with Gasteiger partial charge in [0, 0.05) is 24.6 Å². The molecule has 1 N–H and O–H groups in total. The molecule has 112 valence electrons. The van der Waals surface area contributed by atoms with E-state index in [2.05, 4.69) is 4.98 Å². The first-order chi connectivity index (χ1) is 10.7. The summed E-state index contributed by atoms with van der Waals surface area (Å²) in [5.41, 5.74) is 3.23. The van der Waals surface area contributed by atoms with Crippen molar-refractivity contribution in [1.29, 1.82) is 0 Å². The van der Waals surface area contributed by atoms with E-state index in [4.69, 9.17) is 9.47 Å². The molecule has 2 aromatic carbocycles. The minimum Gasteiger partial charge on any atom is -0.497 e. The van der Waals surface area contributed by atoms with E-state index in [1.165, 1.54) is 0 Å². The number of ether oxygens (including phenoxy) is 2. The van der Waals surface area contributed by atoms with Crippen molar-refractivity contribution in [3.8, 4) is 22.6 Å². The molecule has 0 spiro atoms. The van der Waals surface area contributed by atoms with Gasteiger partial charge in [0.15, 0.2) is 5.78 Å². The highest BCUT2D eigenvalue weighted by atomic mass is 16.5. The number of rotatable bonds is 4. The van der Waals surface area contributed by atoms with Gasteiger partial charge in [-0.15, -0.1) is 0 Å². The molecule has 3 rings (SSSR count). The third-order valence-corrected chi connectivity index (χ3v) is 3.71. The number of nitrogens with one attached hydrogen (secondary N) is 1. The molecule has 22 heavy (non-hydrogen) atoms. The number of Topliss-reactive ketones (excluding diaryl/α,β-unsaturated/α-hetero) is 1. The van der Waals surface area contributed by atoms with Crippen LogP contribution in [0.4, 0.5) is 0 Å². The van der Waals surface area contributed by atoms with E-state index in [1.54, 1.807) is 21.1 Å². The third kappa shape index (κ3) is 2.22. The number of aromatic amines is 1. The highest BCUT2D eigenvalue weighted by molar-refractivity contribution is 6.12. The van der Waals surface area contributed by atoms with E-state index in [0.29, 0.717) is 17.2 Å². The minimum absolute atomic E-state index is 0.0175. The number of carbonyl (C=O) groups is 1. The average Bonchev–Trinajstić information content (AvgIpc) is 2.94. The van der Waals surface area contributed by atoms with Crippen LogP contribution >= 0.6 is 0 Å². The molecule has 0 unspecified atom stereocenters. The zero-order valence-electron chi connectivity index (χ0n) is 12.8. The number of carbonyl (C=O) groups excluding carboxylic acids is 1.